The molecule has 20 heavy (non-hydrogen) atoms. The third kappa shape index (κ3) is 4.36. The number of hydrogen-bond acceptors (Lipinski definition) is 4. The Hall–Kier alpha value is -0.270. The van der Waals surface area contributed by atoms with Gasteiger partial charge in [0.2, 0.25) is 10.0 Å². The molecule has 0 heterocycles. The van der Waals surface area contributed by atoms with Crippen molar-refractivity contribution < 1.29 is 8.42 Å². The van der Waals surface area contributed by atoms with E-state index in [2.05, 4.69) is 4.72 Å². The molecule has 1 aromatic rings. The maximum absolute atomic E-state index is 12.4. The van der Waals surface area contributed by atoms with Gasteiger partial charge in [0.1, 0.15) is 0 Å². The average molecular weight is 337 g/mol. The molecule has 1 aromatic carbocycles. The number of hydrogen-bond donors (Lipinski definition) is 2. The van der Waals surface area contributed by atoms with Crippen LogP contribution in [0.3, 0.4) is 0 Å². The molecule has 0 atom stereocenters. The minimum Gasteiger partial charge on any atom is -0.328 e. The number of sulfonamides is 1. The Balaban J connectivity index is 0.00000200. The topological polar surface area (TPSA) is 72.2 Å². The maximum atomic E-state index is 12.4. The molecule has 4 nitrogen and oxygen atoms in total. The van der Waals surface area contributed by atoms with Gasteiger partial charge < -0.3 is 5.73 Å². The monoisotopic (exact) mass is 336 g/mol. The lowest BCUT2D eigenvalue weighted by Gasteiger charge is -2.26. The summed E-state index contributed by atoms with van der Waals surface area (Å²) in [5, 5.41) is 0. The van der Waals surface area contributed by atoms with E-state index < -0.39 is 10.0 Å². The first-order valence-electron chi connectivity index (χ1n) is 6.44. The predicted molar refractivity (Wildman–Crippen MR) is 86.0 cm³/mol. The standard InChI is InChI=1S/C13H20N2O2S2.ClH/c1-18-12-4-2-3-5-13(12)19(16,17)15-11-8-6-10(14)7-9-11;/h2-5,10-11,15H,6-9,14H2,1H3;1H. The third-order valence-electron chi connectivity index (χ3n) is 3.45. The molecule has 0 radical (unpaired) electrons. The van der Waals surface area contributed by atoms with Gasteiger partial charge in [-0.2, -0.15) is 0 Å². The molecule has 7 heteroatoms. The number of halogens is 1. The highest BCUT2D eigenvalue weighted by Gasteiger charge is 2.25. The van der Waals surface area contributed by atoms with Gasteiger partial charge in [-0.05, 0) is 44.1 Å². The minimum atomic E-state index is -3.43. The summed E-state index contributed by atoms with van der Waals surface area (Å²) in [7, 11) is -3.43. The van der Waals surface area contributed by atoms with Crippen molar-refractivity contribution in [2.75, 3.05) is 6.26 Å². The van der Waals surface area contributed by atoms with E-state index >= 15 is 0 Å². The predicted octanol–water partition coefficient (Wildman–Crippen LogP) is 2.38. The van der Waals surface area contributed by atoms with Gasteiger partial charge in [-0.15, -0.1) is 24.2 Å². The average Bonchev–Trinajstić information content (AvgIpc) is 2.41. The Morgan fingerprint density at radius 1 is 1.20 bits per heavy atom. The molecule has 3 N–H and O–H groups in total. The normalized spacial score (nSPS) is 23.1. The number of benzene rings is 1. The van der Waals surface area contributed by atoms with Crippen LogP contribution < -0.4 is 10.5 Å². The van der Waals surface area contributed by atoms with E-state index in [1.807, 2.05) is 18.4 Å². The fourth-order valence-corrected chi connectivity index (χ4v) is 4.82. The lowest BCUT2D eigenvalue weighted by Crippen LogP contribution is -2.40. The molecule has 1 saturated carbocycles. The molecule has 0 saturated heterocycles. The van der Waals surface area contributed by atoms with E-state index in [4.69, 9.17) is 5.73 Å². The second kappa shape index (κ2) is 7.66. The van der Waals surface area contributed by atoms with Crippen LogP contribution in [-0.4, -0.2) is 26.8 Å². The van der Waals surface area contributed by atoms with E-state index in [1.54, 1.807) is 12.1 Å². The zero-order chi connectivity index (χ0) is 13.9. The van der Waals surface area contributed by atoms with Crippen molar-refractivity contribution in [3.8, 4) is 0 Å². The quantitative estimate of drug-likeness (QED) is 0.828. The van der Waals surface area contributed by atoms with Crippen LogP contribution in [0.1, 0.15) is 25.7 Å². The molecular weight excluding hydrogens is 316 g/mol. The molecule has 1 aliphatic carbocycles. The largest absolute Gasteiger partial charge is 0.328 e. The van der Waals surface area contributed by atoms with E-state index in [1.165, 1.54) is 11.8 Å². The van der Waals surface area contributed by atoms with Crippen LogP contribution in [0.2, 0.25) is 0 Å². The summed E-state index contributed by atoms with van der Waals surface area (Å²) in [6, 6.07) is 7.33. The maximum Gasteiger partial charge on any atom is 0.241 e. The Morgan fingerprint density at radius 3 is 2.40 bits per heavy atom. The second-order valence-corrected chi connectivity index (χ2v) is 7.41. The fraction of sp³-hybridized carbons (Fsp3) is 0.538. The Morgan fingerprint density at radius 2 is 1.80 bits per heavy atom. The smallest absolute Gasteiger partial charge is 0.241 e. The van der Waals surface area contributed by atoms with Gasteiger partial charge >= 0.3 is 0 Å². The molecule has 0 amide bonds. The van der Waals surface area contributed by atoms with Crippen LogP contribution in [0, 0.1) is 0 Å². The van der Waals surface area contributed by atoms with Gasteiger partial charge in [0.25, 0.3) is 0 Å². The van der Waals surface area contributed by atoms with Crippen LogP contribution in [0.15, 0.2) is 34.1 Å². The molecule has 0 bridgehead atoms. The van der Waals surface area contributed by atoms with Crippen molar-refractivity contribution in [3.63, 3.8) is 0 Å². The number of thioether (sulfide) groups is 1. The number of rotatable bonds is 4. The highest BCUT2D eigenvalue weighted by molar-refractivity contribution is 7.99. The van der Waals surface area contributed by atoms with Gasteiger partial charge in [0.05, 0.1) is 4.90 Å². The van der Waals surface area contributed by atoms with Crippen molar-refractivity contribution in [1.29, 1.82) is 0 Å². The van der Waals surface area contributed by atoms with Crippen LogP contribution >= 0.6 is 24.2 Å². The van der Waals surface area contributed by atoms with Gasteiger partial charge in [-0.1, -0.05) is 12.1 Å². The first-order valence-corrected chi connectivity index (χ1v) is 9.14. The zero-order valence-electron chi connectivity index (χ0n) is 11.4. The number of nitrogens with one attached hydrogen (secondary N) is 1. The molecule has 0 aliphatic heterocycles. The molecule has 0 spiro atoms. The van der Waals surface area contributed by atoms with E-state index in [0.29, 0.717) is 4.90 Å². The summed E-state index contributed by atoms with van der Waals surface area (Å²) in [5.74, 6) is 0. The first kappa shape index (κ1) is 17.8. The van der Waals surface area contributed by atoms with Crippen molar-refractivity contribution in [2.24, 2.45) is 5.73 Å². The van der Waals surface area contributed by atoms with Crippen LogP contribution in [0.25, 0.3) is 0 Å². The fourth-order valence-electron chi connectivity index (χ4n) is 2.36. The van der Waals surface area contributed by atoms with Gasteiger partial charge in [-0.25, -0.2) is 13.1 Å². The summed E-state index contributed by atoms with van der Waals surface area (Å²) < 4.78 is 27.6. The van der Waals surface area contributed by atoms with Gasteiger partial charge in [-0.3, -0.25) is 0 Å². The molecule has 0 aromatic heterocycles. The summed E-state index contributed by atoms with van der Waals surface area (Å²) in [6.45, 7) is 0. The van der Waals surface area contributed by atoms with E-state index in [0.717, 1.165) is 30.6 Å². The Kier molecular flexibility index (Phi) is 6.81. The zero-order valence-corrected chi connectivity index (χ0v) is 13.9. The van der Waals surface area contributed by atoms with Crippen molar-refractivity contribution >= 4 is 34.2 Å². The summed E-state index contributed by atoms with van der Waals surface area (Å²) in [4.78, 5) is 1.15. The summed E-state index contributed by atoms with van der Waals surface area (Å²) in [5.41, 5.74) is 5.84. The third-order valence-corrected chi connectivity index (χ3v) is 5.96. The lowest BCUT2D eigenvalue weighted by molar-refractivity contribution is 0.373. The molecular formula is C13H21ClN2O2S2. The molecule has 114 valence electrons. The van der Waals surface area contributed by atoms with Gasteiger partial charge in [0, 0.05) is 17.0 Å². The summed E-state index contributed by atoms with van der Waals surface area (Å²) in [6.07, 6.45) is 5.30. The van der Waals surface area contributed by atoms with Crippen molar-refractivity contribution in [3.05, 3.63) is 24.3 Å². The highest BCUT2D eigenvalue weighted by Crippen LogP contribution is 2.26. The van der Waals surface area contributed by atoms with Crippen molar-refractivity contribution in [1.82, 2.24) is 4.72 Å². The van der Waals surface area contributed by atoms with Crippen molar-refractivity contribution in [2.45, 2.75) is 47.6 Å². The SMILES string of the molecule is CSc1ccccc1S(=O)(=O)NC1CCC(N)CC1.Cl. The Labute approximate surface area is 131 Å². The first-order chi connectivity index (χ1) is 9.03. The highest BCUT2D eigenvalue weighted by atomic mass is 35.5. The van der Waals surface area contributed by atoms with Crippen LogP contribution in [-0.2, 0) is 10.0 Å². The Bertz CT molecular complexity index is 529. The molecule has 0 unspecified atom stereocenters. The minimum absolute atomic E-state index is 0. The van der Waals surface area contributed by atoms with Gasteiger partial charge in [0.15, 0.2) is 0 Å². The molecule has 2 rings (SSSR count). The second-order valence-electron chi connectivity index (χ2n) is 4.88. The van der Waals surface area contributed by atoms with E-state index in [-0.39, 0.29) is 24.5 Å². The van der Waals surface area contributed by atoms with Crippen LogP contribution in [0.5, 0.6) is 0 Å². The molecule has 1 fully saturated rings. The molecule has 1 aliphatic rings. The van der Waals surface area contributed by atoms with Crippen LogP contribution in [0.4, 0.5) is 0 Å². The number of nitrogens with two attached hydrogens (primary N) is 1. The lowest BCUT2D eigenvalue weighted by atomic mass is 9.93. The summed E-state index contributed by atoms with van der Waals surface area (Å²) >= 11 is 1.45. The van der Waals surface area contributed by atoms with E-state index in [9.17, 15) is 8.42 Å².